The molecule has 1 atom stereocenters. The van der Waals surface area contributed by atoms with Gasteiger partial charge in [0, 0.05) is 25.1 Å². The number of hydrogen-bond donors (Lipinski definition) is 0. The molecule has 0 aliphatic carbocycles. The molecule has 2 aromatic carbocycles. The van der Waals surface area contributed by atoms with Gasteiger partial charge < -0.3 is 28.7 Å². The first-order chi connectivity index (χ1) is 17.4. The lowest BCUT2D eigenvalue weighted by Crippen LogP contribution is -2.33. The van der Waals surface area contributed by atoms with Gasteiger partial charge in [-0.05, 0) is 68.7 Å². The molecule has 0 aliphatic rings. The second-order valence-electron chi connectivity index (χ2n) is 9.05. The molecule has 0 saturated heterocycles. The molecular formula is C29H44N2O5. The SMILES string of the molecule is CCCCN(CCC)CCC(CN(C)C(=O)c1cc(OC)c(OC)c(OC)c1)c1ccc(OC)cc1. The number of likely N-dealkylation sites (N-methyl/N-ethyl adjacent to an activating group) is 1. The molecule has 7 heteroatoms. The molecular weight excluding hydrogens is 456 g/mol. The summed E-state index contributed by atoms with van der Waals surface area (Å²) in [6.07, 6.45) is 4.49. The van der Waals surface area contributed by atoms with Crippen LogP contribution in [0, 0.1) is 0 Å². The second kappa shape index (κ2) is 15.2. The molecule has 36 heavy (non-hydrogen) atoms. The van der Waals surface area contributed by atoms with E-state index >= 15 is 0 Å². The normalized spacial score (nSPS) is 11.8. The van der Waals surface area contributed by atoms with E-state index in [0.29, 0.717) is 29.4 Å². The highest BCUT2D eigenvalue weighted by Gasteiger charge is 2.23. The highest BCUT2D eigenvalue weighted by Crippen LogP contribution is 2.38. The summed E-state index contributed by atoms with van der Waals surface area (Å²) in [6.45, 7) is 8.25. The van der Waals surface area contributed by atoms with Gasteiger partial charge in [-0.25, -0.2) is 0 Å². The van der Waals surface area contributed by atoms with Gasteiger partial charge in [-0.15, -0.1) is 0 Å². The third-order valence-electron chi connectivity index (χ3n) is 6.50. The topological polar surface area (TPSA) is 60.5 Å². The molecule has 2 rings (SSSR count). The van der Waals surface area contributed by atoms with E-state index in [0.717, 1.165) is 38.2 Å². The summed E-state index contributed by atoms with van der Waals surface area (Å²) in [5.41, 5.74) is 1.70. The van der Waals surface area contributed by atoms with E-state index < -0.39 is 0 Å². The van der Waals surface area contributed by atoms with Crippen molar-refractivity contribution in [1.82, 2.24) is 9.80 Å². The molecule has 0 heterocycles. The van der Waals surface area contributed by atoms with E-state index in [1.807, 2.05) is 19.2 Å². The van der Waals surface area contributed by atoms with Gasteiger partial charge in [-0.2, -0.15) is 0 Å². The van der Waals surface area contributed by atoms with Gasteiger partial charge in [-0.1, -0.05) is 32.4 Å². The molecule has 0 fully saturated rings. The zero-order valence-electron chi connectivity index (χ0n) is 23.1. The Morgan fingerprint density at radius 2 is 1.47 bits per heavy atom. The summed E-state index contributed by atoms with van der Waals surface area (Å²) in [5, 5.41) is 0. The van der Waals surface area contributed by atoms with Crippen LogP contribution in [0.3, 0.4) is 0 Å². The molecule has 1 amide bonds. The number of rotatable bonds is 16. The Kier molecular flexibility index (Phi) is 12.4. The van der Waals surface area contributed by atoms with Crippen molar-refractivity contribution < 1.29 is 23.7 Å². The lowest BCUT2D eigenvalue weighted by atomic mass is 9.94. The summed E-state index contributed by atoms with van der Waals surface area (Å²) < 4.78 is 21.7. The van der Waals surface area contributed by atoms with E-state index in [4.69, 9.17) is 18.9 Å². The fraction of sp³-hybridized carbons (Fsp3) is 0.552. The number of amides is 1. The number of carbonyl (C=O) groups is 1. The van der Waals surface area contributed by atoms with Crippen LogP contribution in [-0.4, -0.2) is 77.4 Å². The molecule has 0 saturated carbocycles. The number of carbonyl (C=O) groups excluding carboxylic acids is 1. The summed E-state index contributed by atoms with van der Waals surface area (Å²) in [7, 11) is 8.18. The van der Waals surface area contributed by atoms with Crippen LogP contribution >= 0.6 is 0 Å². The standard InChI is InChI=1S/C29H44N2O5/c1-8-10-17-31(16-9-2)18-15-23(22-11-13-25(33-4)14-12-22)21-30(3)29(32)24-19-26(34-5)28(36-7)27(20-24)35-6/h11-14,19-20,23H,8-10,15-18,21H2,1-7H3. The number of ether oxygens (including phenoxy) is 4. The Labute approximate surface area is 217 Å². The quantitative estimate of drug-likeness (QED) is 0.304. The van der Waals surface area contributed by atoms with Crippen LogP contribution in [0.2, 0.25) is 0 Å². The Balaban J connectivity index is 2.26. The summed E-state index contributed by atoms with van der Waals surface area (Å²) in [6, 6.07) is 11.6. The van der Waals surface area contributed by atoms with Crippen molar-refractivity contribution >= 4 is 5.91 Å². The van der Waals surface area contributed by atoms with Gasteiger partial charge >= 0.3 is 0 Å². The van der Waals surface area contributed by atoms with Crippen LogP contribution < -0.4 is 18.9 Å². The summed E-state index contributed by atoms with van der Waals surface area (Å²) in [4.78, 5) is 17.8. The van der Waals surface area contributed by atoms with Crippen molar-refractivity contribution in [2.45, 2.75) is 45.4 Å². The minimum Gasteiger partial charge on any atom is -0.497 e. The molecule has 2 aromatic rings. The third-order valence-corrected chi connectivity index (χ3v) is 6.50. The molecule has 0 aliphatic heterocycles. The number of methoxy groups -OCH3 is 4. The van der Waals surface area contributed by atoms with Crippen LogP contribution in [0.1, 0.15) is 61.4 Å². The van der Waals surface area contributed by atoms with Gasteiger partial charge in [-0.3, -0.25) is 4.79 Å². The predicted octanol–water partition coefficient (Wildman–Crippen LogP) is 5.48. The molecule has 0 N–H and O–H groups in total. The fourth-order valence-electron chi connectivity index (χ4n) is 4.45. The number of benzene rings is 2. The maximum absolute atomic E-state index is 13.5. The van der Waals surface area contributed by atoms with E-state index in [1.54, 1.807) is 45.5 Å². The van der Waals surface area contributed by atoms with Crippen LogP contribution in [-0.2, 0) is 0 Å². The van der Waals surface area contributed by atoms with Crippen LogP contribution in [0.4, 0.5) is 0 Å². The first kappa shape index (κ1) is 29.3. The lowest BCUT2D eigenvalue weighted by molar-refractivity contribution is 0.0781. The molecule has 7 nitrogen and oxygen atoms in total. The van der Waals surface area contributed by atoms with Gasteiger partial charge in [0.1, 0.15) is 5.75 Å². The monoisotopic (exact) mass is 500 g/mol. The Morgan fingerprint density at radius 3 is 1.97 bits per heavy atom. The summed E-state index contributed by atoms with van der Waals surface area (Å²) >= 11 is 0. The van der Waals surface area contributed by atoms with Crippen molar-refractivity contribution in [3.63, 3.8) is 0 Å². The smallest absolute Gasteiger partial charge is 0.253 e. The fourth-order valence-corrected chi connectivity index (χ4v) is 4.45. The molecule has 0 radical (unpaired) electrons. The van der Waals surface area contributed by atoms with E-state index in [-0.39, 0.29) is 11.8 Å². The zero-order chi connectivity index (χ0) is 26.5. The van der Waals surface area contributed by atoms with Crippen LogP contribution in [0.5, 0.6) is 23.0 Å². The average molecular weight is 501 g/mol. The lowest BCUT2D eigenvalue weighted by Gasteiger charge is -2.28. The highest BCUT2D eigenvalue weighted by atomic mass is 16.5. The Hall–Kier alpha value is -2.93. The van der Waals surface area contributed by atoms with Gasteiger partial charge in [0.25, 0.3) is 5.91 Å². The van der Waals surface area contributed by atoms with Crippen molar-refractivity contribution in [2.75, 3.05) is 61.7 Å². The Bertz CT molecular complexity index is 907. The number of hydrogen-bond acceptors (Lipinski definition) is 6. The first-order valence-electron chi connectivity index (χ1n) is 12.8. The van der Waals surface area contributed by atoms with Crippen molar-refractivity contribution in [3.8, 4) is 23.0 Å². The molecule has 0 aromatic heterocycles. The molecule has 0 spiro atoms. The third kappa shape index (κ3) is 8.05. The van der Waals surface area contributed by atoms with Crippen LogP contribution in [0.25, 0.3) is 0 Å². The average Bonchev–Trinajstić information content (AvgIpc) is 2.92. The van der Waals surface area contributed by atoms with Crippen LogP contribution in [0.15, 0.2) is 36.4 Å². The maximum Gasteiger partial charge on any atom is 0.253 e. The van der Waals surface area contributed by atoms with Gasteiger partial charge in [0.2, 0.25) is 5.75 Å². The van der Waals surface area contributed by atoms with E-state index in [9.17, 15) is 4.79 Å². The molecule has 0 bridgehead atoms. The minimum absolute atomic E-state index is 0.0934. The Morgan fingerprint density at radius 1 is 0.833 bits per heavy atom. The number of unbranched alkanes of at least 4 members (excludes halogenated alkanes) is 1. The molecule has 200 valence electrons. The maximum atomic E-state index is 13.5. The van der Waals surface area contributed by atoms with Crippen molar-refractivity contribution in [3.05, 3.63) is 47.5 Å². The van der Waals surface area contributed by atoms with Gasteiger partial charge in [0.05, 0.1) is 28.4 Å². The van der Waals surface area contributed by atoms with Crippen molar-refractivity contribution in [1.29, 1.82) is 0 Å². The van der Waals surface area contributed by atoms with Crippen molar-refractivity contribution in [2.24, 2.45) is 0 Å². The summed E-state index contributed by atoms with van der Waals surface area (Å²) in [5.74, 6) is 2.32. The predicted molar refractivity (Wildman–Crippen MR) is 145 cm³/mol. The van der Waals surface area contributed by atoms with E-state index in [1.165, 1.54) is 18.4 Å². The largest absolute Gasteiger partial charge is 0.497 e. The van der Waals surface area contributed by atoms with E-state index in [2.05, 4.69) is 30.9 Å². The van der Waals surface area contributed by atoms with Gasteiger partial charge in [0.15, 0.2) is 11.5 Å². The highest BCUT2D eigenvalue weighted by molar-refractivity contribution is 5.95. The zero-order valence-corrected chi connectivity index (χ0v) is 23.1. The number of nitrogens with zero attached hydrogens (tertiary/aromatic N) is 2. The molecule has 1 unspecified atom stereocenters. The first-order valence-corrected chi connectivity index (χ1v) is 12.8. The second-order valence-corrected chi connectivity index (χ2v) is 9.05. The minimum atomic E-state index is -0.0934.